The molecule has 12 heteroatoms. The first-order chi connectivity index (χ1) is 14.7. The van der Waals surface area contributed by atoms with Crippen LogP contribution in [0.5, 0.6) is 0 Å². The number of hydrogen-bond donors (Lipinski definition) is 2. The summed E-state index contributed by atoms with van der Waals surface area (Å²) in [6, 6.07) is -0.0358. The van der Waals surface area contributed by atoms with Crippen molar-refractivity contribution in [3.63, 3.8) is 0 Å². The molecule has 0 unspecified atom stereocenters. The third kappa shape index (κ3) is 3.69. The lowest BCUT2D eigenvalue weighted by molar-refractivity contribution is -0.162. The number of fused-ring (bicyclic) bond motifs is 2. The molecule has 0 radical (unpaired) electrons. The number of sulfone groups is 1. The molecule has 0 spiro atoms. The van der Waals surface area contributed by atoms with Crippen LogP contribution in [0.2, 0.25) is 0 Å². The van der Waals surface area contributed by atoms with E-state index in [0.717, 1.165) is 12.8 Å². The van der Waals surface area contributed by atoms with Gasteiger partial charge in [0, 0.05) is 18.6 Å². The van der Waals surface area contributed by atoms with Gasteiger partial charge in [0.15, 0.2) is 22.8 Å². The zero-order valence-corrected chi connectivity index (χ0v) is 18.7. The van der Waals surface area contributed by atoms with Crippen molar-refractivity contribution in [2.45, 2.75) is 81.7 Å². The highest BCUT2D eigenvalue weighted by atomic mass is 32.2. The summed E-state index contributed by atoms with van der Waals surface area (Å²) in [4.78, 5) is 8.71. The third-order valence-corrected chi connectivity index (χ3v) is 7.76. The molecule has 170 valence electrons. The number of ether oxygens (including phenoxy) is 2. The number of hydrogen-bond acceptors (Lipinski definition) is 10. The molecule has 2 aromatic rings. The van der Waals surface area contributed by atoms with Crippen LogP contribution in [-0.2, 0) is 19.3 Å². The Hall–Kier alpha value is -1.89. The fraction of sp³-hybridized carbons (Fsp3) is 0.789. The average molecular weight is 453 g/mol. The second-order valence-corrected chi connectivity index (χ2v) is 11.1. The van der Waals surface area contributed by atoms with Gasteiger partial charge >= 0.3 is 0 Å². The van der Waals surface area contributed by atoms with E-state index in [1.165, 1.54) is 0 Å². The molecule has 3 aliphatic rings. The molecule has 0 amide bonds. The second-order valence-electron chi connectivity index (χ2n) is 9.11. The zero-order valence-electron chi connectivity index (χ0n) is 17.9. The zero-order chi connectivity index (χ0) is 22.0. The van der Waals surface area contributed by atoms with Gasteiger partial charge in [0.05, 0.1) is 17.9 Å². The van der Waals surface area contributed by atoms with E-state index in [0.29, 0.717) is 29.8 Å². The van der Waals surface area contributed by atoms with Crippen LogP contribution >= 0.6 is 0 Å². The van der Waals surface area contributed by atoms with Crippen molar-refractivity contribution in [1.29, 1.82) is 0 Å². The van der Waals surface area contributed by atoms with Crippen molar-refractivity contribution >= 4 is 26.8 Å². The molecular formula is C19H28N6O5S. The summed E-state index contributed by atoms with van der Waals surface area (Å²) < 4.78 is 39.3. The summed E-state index contributed by atoms with van der Waals surface area (Å²) in [5.74, 6) is -0.536. The summed E-state index contributed by atoms with van der Waals surface area (Å²) in [6.45, 7) is 5.44. The standard InChI is InChI=1S/C19H28N6O5S/c1-4-7-31(27,28)18-21-16(20-11-5-6-11)13-17(22-18)25(24-23-13)12-8-10(9-26)14-15(12)30-19(2,3)29-14/h10-12,14-15,26H,4-9H2,1-3H3,(H,20,21,22)/t10-,12-,14-,15+/m1/s1. The molecule has 1 saturated heterocycles. The first-order valence-electron chi connectivity index (χ1n) is 10.8. The number of nitrogens with one attached hydrogen (secondary N) is 1. The molecule has 4 atom stereocenters. The minimum Gasteiger partial charge on any atom is -0.396 e. The van der Waals surface area contributed by atoms with E-state index in [2.05, 4.69) is 25.6 Å². The van der Waals surface area contributed by atoms with Gasteiger partial charge < -0.3 is 19.9 Å². The summed E-state index contributed by atoms with van der Waals surface area (Å²) in [5, 5.41) is 21.5. The van der Waals surface area contributed by atoms with Gasteiger partial charge in [0.2, 0.25) is 9.84 Å². The van der Waals surface area contributed by atoms with Crippen LogP contribution in [0, 0.1) is 5.92 Å². The quantitative estimate of drug-likeness (QED) is 0.585. The van der Waals surface area contributed by atoms with Crippen molar-refractivity contribution in [2.75, 3.05) is 17.7 Å². The topological polar surface area (TPSA) is 141 Å². The number of aliphatic hydroxyl groups excluding tert-OH is 1. The van der Waals surface area contributed by atoms with E-state index in [4.69, 9.17) is 9.47 Å². The Morgan fingerprint density at radius 3 is 2.65 bits per heavy atom. The Morgan fingerprint density at radius 2 is 1.97 bits per heavy atom. The molecule has 3 fully saturated rings. The molecule has 1 aliphatic heterocycles. The highest BCUT2D eigenvalue weighted by Gasteiger charge is 2.55. The lowest BCUT2D eigenvalue weighted by atomic mass is 10.1. The fourth-order valence-corrected chi connectivity index (χ4v) is 5.71. The highest BCUT2D eigenvalue weighted by molar-refractivity contribution is 7.91. The van der Waals surface area contributed by atoms with Crippen LogP contribution in [0.25, 0.3) is 11.2 Å². The fourth-order valence-electron chi connectivity index (χ4n) is 4.53. The van der Waals surface area contributed by atoms with E-state index >= 15 is 0 Å². The van der Waals surface area contributed by atoms with Gasteiger partial charge in [0.25, 0.3) is 5.16 Å². The predicted molar refractivity (Wildman–Crippen MR) is 110 cm³/mol. The Balaban J connectivity index is 1.61. The second kappa shape index (κ2) is 7.32. The molecule has 2 saturated carbocycles. The van der Waals surface area contributed by atoms with Gasteiger partial charge in [-0.05, 0) is 39.5 Å². The first-order valence-corrected chi connectivity index (χ1v) is 12.5. The van der Waals surface area contributed by atoms with Gasteiger partial charge in [-0.2, -0.15) is 9.97 Å². The SMILES string of the molecule is CCCS(=O)(=O)c1nc(NC2CC2)c2nnn([C@@H]3C[C@H](CO)[C@H]4OC(C)(C)O[C@H]43)c2n1. The Kier molecular flexibility index (Phi) is 4.96. The summed E-state index contributed by atoms with van der Waals surface area (Å²) in [7, 11) is -3.64. The van der Waals surface area contributed by atoms with Crippen molar-refractivity contribution in [3.8, 4) is 0 Å². The number of aromatic nitrogens is 5. The van der Waals surface area contributed by atoms with Gasteiger partial charge in [-0.1, -0.05) is 12.1 Å². The van der Waals surface area contributed by atoms with E-state index in [1.54, 1.807) is 11.6 Å². The largest absolute Gasteiger partial charge is 0.396 e. The average Bonchev–Trinajstić information content (AvgIpc) is 3.18. The Morgan fingerprint density at radius 1 is 1.23 bits per heavy atom. The van der Waals surface area contributed by atoms with E-state index < -0.39 is 15.6 Å². The van der Waals surface area contributed by atoms with Gasteiger partial charge in [0.1, 0.15) is 6.10 Å². The lowest BCUT2D eigenvalue weighted by Gasteiger charge is -2.23. The number of nitrogens with zero attached hydrogens (tertiary/aromatic N) is 5. The summed E-state index contributed by atoms with van der Waals surface area (Å²) in [5.41, 5.74) is 0.785. The van der Waals surface area contributed by atoms with E-state index in [9.17, 15) is 13.5 Å². The maximum atomic E-state index is 12.8. The molecule has 2 N–H and O–H groups in total. The molecule has 31 heavy (non-hydrogen) atoms. The molecule has 2 aliphatic carbocycles. The predicted octanol–water partition coefficient (Wildman–Crippen LogP) is 1.05. The first kappa shape index (κ1) is 21.0. The molecule has 0 bridgehead atoms. The molecule has 5 rings (SSSR count). The van der Waals surface area contributed by atoms with Crippen LogP contribution in [0.15, 0.2) is 5.16 Å². The minimum absolute atomic E-state index is 0.0329. The van der Waals surface area contributed by atoms with Crippen LogP contribution < -0.4 is 5.32 Å². The van der Waals surface area contributed by atoms with Crippen molar-refractivity contribution in [1.82, 2.24) is 25.0 Å². The summed E-state index contributed by atoms with van der Waals surface area (Å²) >= 11 is 0. The van der Waals surface area contributed by atoms with Crippen molar-refractivity contribution in [2.24, 2.45) is 5.92 Å². The number of rotatable bonds is 7. The normalized spacial score (nSPS) is 30.1. The maximum absolute atomic E-state index is 12.8. The van der Waals surface area contributed by atoms with Gasteiger partial charge in [-0.3, -0.25) is 0 Å². The Bertz CT molecular complexity index is 1100. The van der Waals surface area contributed by atoms with Gasteiger partial charge in [-0.15, -0.1) is 5.10 Å². The molecule has 11 nitrogen and oxygen atoms in total. The summed E-state index contributed by atoms with van der Waals surface area (Å²) in [6.07, 6.45) is 2.41. The molecule has 0 aromatic carbocycles. The van der Waals surface area contributed by atoms with Crippen LogP contribution in [-0.4, -0.2) is 74.9 Å². The van der Waals surface area contributed by atoms with Gasteiger partial charge in [-0.25, -0.2) is 13.1 Å². The minimum atomic E-state index is -3.64. The third-order valence-electron chi connectivity index (χ3n) is 6.07. The smallest absolute Gasteiger partial charge is 0.251 e. The lowest BCUT2D eigenvalue weighted by Crippen LogP contribution is -2.28. The monoisotopic (exact) mass is 452 g/mol. The Labute approximate surface area is 180 Å². The van der Waals surface area contributed by atoms with Crippen LogP contribution in [0.4, 0.5) is 5.82 Å². The molecule has 2 aromatic heterocycles. The number of aliphatic hydroxyl groups is 1. The molecular weight excluding hydrogens is 424 g/mol. The van der Waals surface area contributed by atoms with Crippen LogP contribution in [0.1, 0.15) is 52.5 Å². The van der Waals surface area contributed by atoms with Crippen molar-refractivity contribution in [3.05, 3.63) is 0 Å². The van der Waals surface area contributed by atoms with Crippen molar-refractivity contribution < 1.29 is 23.0 Å². The number of anilines is 1. The van der Waals surface area contributed by atoms with E-state index in [-0.39, 0.29) is 47.7 Å². The maximum Gasteiger partial charge on any atom is 0.251 e. The molecule has 3 heterocycles. The van der Waals surface area contributed by atoms with E-state index in [1.807, 2.05) is 13.8 Å². The highest BCUT2D eigenvalue weighted by Crippen LogP contribution is 2.47. The van der Waals surface area contributed by atoms with Crippen LogP contribution in [0.3, 0.4) is 0 Å².